The van der Waals surface area contributed by atoms with Crippen molar-refractivity contribution >= 4 is 17.7 Å². The zero-order chi connectivity index (χ0) is 18.9. The summed E-state index contributed by atoms with van der Waals surface area (Å²) in [6.45, 7) is 6.45. The molecule has 150 valence electrons. The Hall–Kier alpha value is -1.04. The molecule has 0 radical (unpaired) electrons. The molecule has 2 aliphatic rings. The Morgan fingerprint density at radius 2 is 1.93 bits per heavy atom. The minimum absolute atomic E-state index is 0.155. The van der Waals surface area contributed by atoms with Gasteiger partial charge in [-0.05, 0) is 75.9 Å². The third kappa shape index (κ3) is 6.51. The molecule has 2 fully saturated rings. The summed E-state index contributed by atoms with van der Waals surface area (Å²) in [5.74, 6) is 1.66. The topological polar surface area (TPSA) is 35.6 Å². The number of rotatable bonds is 8. The smallest absolute Gasteiger partial charge is 0.224 e. The summed E-state index contributed by atoms with van der Waals surface area (Å²) in [7, 11) is 0. The molecule has 0 aliphatic carbocycles. The van der Waals surface area contributed by atoms with Gasteiger partial charge >= 0.3 is 0 Å². The van der Waals surface area contributed by atoms with Gasteiger partial charge in [-0.25, -0.2) is 0 Å². The number of likely N-dealkylation sites (tertiary alicyclic amines) is 2. The maximum absolute atomic E-state index is 12.7. The zero-order valence-corrected chi connectivity index (χ0v) is 17.6. The van der Waals surface area contributed by atoms with Gasteiger partial charge in [-0.2, -0.15) is 11.8 Å². The lowest BCUT2D eigenvalue weighted by Crippen LogP contribution is -2.50. The number of carbonyl (C=O) groups is 1. The molecule has 3 rings (SSSR count). The molecular weight excluding hydrogens is 354 g/mol. The predicted octanol–water partition coefficient (Wildman–Crippen LogP) is 3.23. The van der Waals surface area contributed by atoms with Crippen LogP contribution in [0.15, 0.2) is 30.3 Å². The molecule has 27 heavy (non-hydrogen) atoms. The predicted molar refractivity (Wildman–Crippen MR) is 115 cm³/mol. The van der Waals surface area contributed by atoms with Gasteiger partial charge in [0, 0.05) is 19.1 Å². The Morgan fingerprint density at radius 1 is 1.15 bits per heavy atom. The molecule has 1 aromatic rings. The second-order valence-electron chi connectivity index (χ2n) is 7.96. The average molecular weight is 390 g/mol. The maximum Gasteiger partial charge on any atom is 0.224 e. The second-order valence-corrected chi connectivity index (χ2v) is 8.94. The molecule has 4 nitrogen and oxygen atoms in total. The van der Waals surface area contributed by atoms with Crippen molar-refractivity contribution in [2.75, 3.05) is 44.7 Å². The van der Waals surface area contributed by atoms with E-state index in [0.717, 1.165) is 19.4 Å². The van der Waals surface area contributed by atoms with E-state index in [-0.39, 0.29) is 11.8 Å². The van der Waals surface area contributed by atoms with Crippen LogP contribution >= 0.6 is 11.8 Å². The first-order valence-electron chi connectivity index (χ1n) is 10.5. The Kier molecular flexibility index (Phi) is 8.49. The van der Waals surface area contributed by atoms with Crippen molar-refractivity contribution < 1.29 is 4.79 Å². The third-order valence-corrected chi connectivity index (χ3v) is 6.73. The van der Waals surface area contributed by atoms with Crippen molar-refractivity contribution in [3.63, 3.8) is 0 Å². The van der Waals surface area contributed by atoms with E-state index in [1.165, 1.54) is 56.8 Å². The first-order chi connectivity index (χ1) is 13.3. The van der Waals surface area contributed by atoms with Gasteiger partial charge in [-0.15, -0.1) is 0 Å². The van der Waals surface area contributed by atoms with Crippen molar-refractivity contribution in [2.45, 2.75) is 44.7 Å². The number of carbonyl (C=O) groups excluding carboxylic acids is 1. The van der Waals surface area contributed by atoms with Crippen molar-refractivity contribution in [1.82, 2.24) is 15.1 Å². The van der Waals surface area contributed by atoms with Crippen molar-refractivity contribution in [3.8, 4) is 0 Å². The fraction of sp³-hybridized carbons (Fsp3) is 0.682. The van der Waals surface area contributed by atoms with E-state index in [2.05, 4.69) is 33.5 Å². The zero-order valence-electron chi connectivity index (χ0n) is 16.7. The summed E-state index contributed by atoms with van der Waals surface area (Å²) in [6.07, 6.45) is 8.20. The number of nitrogens with one attached hydrogen (secondary N) is 1. The lowest BCUT2D eigenvalue weighted by atomic mass is 9.93. The number of amides is 1. The molecule has 5 heteroatoms. The van der Waals surface area contributed by atoms with Crippen molar-refractivity contribution in [3.05, 3.63) is 35.9 Å². The van der Waals surface area contributed by atoms with E-state index in [0.29, 0.717) is 12.6 Å². The van der Waals surface area contributed by atoms with Crippen LogP contribution in [-0.4, -0.2) is 66.5 Å². The van der Waals surface area contributed by atoms with Gasteiger partial charge < -0.3 is 10.2 Å². The summed E-state index contributed by atoms with van der Waals surface area (Å²) < 4.78 is 0. The summed E-state index contributed by atoms with van der Waals surface area (Å²) >= 11 is 1.95. The molecular formula is C22H35N3OS. The van der Waals surface area contributed by atoms with E-state index in [1.807, 2.05) is 30.0 Å². The normalized spacial score (nSPS) is 22.6. The molecule has 0 saturated carbocycles. The molecule has 0 bridgehead atoms. The first kappa shape index (κ1) is 20.7. The van der Waals surface area contributed by atoms with Crippen LogP contribution in [0.4, 0.5) is 0 Å². The highest BCUT2D eigenvalue weighted by Crippen LogP contribution is 2.24. The van der Waals surface area contributed by atoms with Gasteiger partial charge in [0.2, 0.25) is 5.91 Å². The maximum atomic E-state index is 12.7. The second kappa shape index (κ2) is 11.1. The van der Waals surface area contributed by atoms with E-state index in [4.69, 9.17) is 0 Å². The Morgan fingerprint density at radius 3 is 2.67 bits per heavy atom. The van der Waals surface area contributed by atoms with E-state index < -0.39 is 0 Å². The van der Waals surface area contributed by atoms with Crippen LogP contribution < -0.4 is 5.32 Å². The standard InChI is InChI=1S/C22H35N3OS/c1-27-16-6-12-24-14-10-21(11-15-24)25-13-5-9-20(18-25)22(26)23-17-19-7-3-2-4-8-19/h2-4,7-8,20-21H,5-6,9-18H2,1H3,(H,23,26). The molecule has 1 N–H and O–H groups in total. The summed E-state index contributed by atoms with van der Waals surface area (Å²) in [5.41, 5.74) is 1.17. The highest BCUT2D eigenvalue weighted by molar-refractivity contribution is 7.98. The van der Waals surface area contributed by atoms with Crippen molar-refractivity contribution in [1.29, 1.82) is 0 Å². The van der Waals surface area contributed by atoms with Crippen LogP contribution in [0.3, 0.4) is 0 Å². The number of thioether (sulfide) groups is 1. The number of hydrogen-bond acceptors (Lipinski definition) is 4. The van der Waals surface area contributed by atoms with Crippen LogP contribution in [0.25, 0.3) is 0 Å². The fourth-order valence-corrected chi connectivity index (χ4v) is 4.84. The highest BCUT2D eigenvalue weighted by Gasteiger charge is 2.31. The largest absolute Gasteiger partial charge is 0.352 e. The molecule has 1 atom stereocenters. The molecule has 2 heterocycles. The van der Waals surface area contributed by atoms with Gasteiger partial charge in [0.05, 0.1) is 5.92 Å². The van der Waals surface area contributed by atoms with Gasteiger partial charge in [0.1, 0.15) is 0 Å². The van der Waals surface area contributed by atoms with Crippen LogP contribution in [0.2, 0.25) is 0 Å². The van der Waals surface area contributed by atoms with Crippen LogP contribution in [0.1, 0.15) is 37.7 Å². The summed E-state index contributed by atoms with van der Waals surface area (Å²) in [4.78, 5) is 17.9. The van der Waals surface area contributed by atoms with E-state index >= 15 is 0 Å². The van der Waals surface area contributed by atoms with Gasteiger partial charge in [-0.3, -0.25) is 9.69 Å². The Labute approximate surface area is 169 Å². The quantitative estimate of drug-likeness (QED) is 0.693. The molecule has 1 unspecified atom stereocenters. The lowest BCUT2D eigenvalue weighted by Gasteiger charge is -2.42. The number of piperidine rings is 2. The Balaban J connectivity index is 1.40. The van der Waals surface area contributed by atoms with Gasteiger partial charge in [-0.1, -0.05) is 30.3 Å². The van der Waals surface area contributed by atoms with Crippen LogP contribution in [-0.2, 0) is 11.3 Å². The lowest BCUT2D eigenvalue weighted by molar-refractivity contribution is -0.127. The summed E-state index contributed by atoms with van der Waals surface area (Å²) in [5, 5.41) is 3.15. The highest BCUT2D eigenvalue weighted by atomic mass is 32.2. The minimum Gasteiger partial charge on any atom is -0.352 e. The molecule has 1 amide bonds. The number of hydrogen-bond donors (Lipinski definition) is 1. The Bertz CT molecular complexity index is 560. The van der Waals surface area contributed by atoms with Crippen LogP contribution in [0, 0.1) is 5.92 Å². The van der Waals surface area contributed by atoms with Crippen LogP contribution in [0.5, 0.6) is 0 Å². The number of benzene rings is 1. The molecule has 2 saturated heterocycles. The average Bonchev–Trinajstić information content (AvgIpc) is 2.73. The SMILES string of the molecule is CSCCCN1CCC(N2CCCC(C(=O)NCc3ccccc3)C2)CC1. The number of nitrogens with zero attached hydrogens (tertiary/aromatic N) is 2. The fourth-order valence-electron chi connectivity index (χ4n) is 4.42. The minimum atomic E-state index is 0.155. The van der Waals surface area contributed by atoms with Crippen molar-refractivity contribution in [2.24, 2.45) is 5.92 Å². The molecule has 0 spiro atoms. The van der Waals surface area contributed by atoms with E-state index in [1.54, 1.807) is 0 Å². The monoisotopic (exact) mass is 389 g/mol. The molecule has 1 aromatic carbocycles. The van der Waals surface area contributed by atoms with Gasteiger partial charge in [0.15, 0.2) is 0 Å². The summed E-state index contributed by atoms with van der Waals surface area (Å²) in [6, 6.07) is 10.9. The first-order valence-corrected chi connectivity index (χ1v) is 11.9. The van der Waals surface area contributed by atoms with Gasteiger partial charge in [0.25, 0.3) is 0 Å². The van der Waals surface area contributed by atoms with E-state index in [9.17, 15) is 4.79 Å². The molecule has 0 aromatic heterocycles. The molecule has 2 aliphatic heterocycles. The third-order valence-electron chi connectivity index (χ3n) is 6.03.